The van der Waals surface area contributed by atoms with E-state index in [4.69, 9.17) is 4.74 Å². The van der Waals surface area contributed by atoms with Crippen molar-refractivity contribution in [3.05, 3.63) is 0 Å². The quantitative estimate of drug-likeness (QED) is 0.763. The van der Waals surface area contributed by atoms with Gasteiger partial charge in [0.1, 0.15) is 5.60 Å². The predicted molar refractivity (Wildman–Crippen MR) is 62.3 cm³/mol. The summed E-state index contributed by atoms with van der Waals surface area (Å²) < 4.78 is 5.11. The van der Waals surface area contributed by atoms with E-state index in [9.17, 15) is 9.90 Å². The lowest BCUT2D eigenvalue weighted by molar-refractivity contribution is -0.00142. The van der Waals surface area contributed by atoms with E-state index in [2.05, 4.69) is 5.32 Å². The third-order valence-electron chi connectivity index (χ3n) is 2.74. The summed E-state index contributed by atoms with van der Waals surface area (Å²) in [5, 5.41) is 12.8. The maximum atomic E-state index is 11.4. The van der Waals surface area contributed by atoms with E-state index >= 15 is 0 Å². The molecule has 0 atom stereocenters. The minimum atomic E-state index is -0.727. The second-order valence-electron chi connectivity index (χ2n) is 5.64. The van der Waals surface area contributed by atoms with Gasteiger partial charge in [-0.1, -0.05) is 19.3 Å². The highest BCUT2D eigenvalue weighted by Crippen LogP contribution is 2.27. The monoisotopic (exact) mass is 229 g/mol. The Bertz CT molecular complexity index is 239. The lowest BCUT2D eigenvalue weighted by atomic mass is 9.85. The number of ether oxygens (including phenoxy) is 1. The summed E-state index contributed by atoms with van der Waals surface area (Å²) in [6.45, 7) is 5.76. The summed E-state index contributed by atoms with van der Waals surface area (Å²) in [5.41, 5.74) is -1.21. The van der Waals surface area contributed by atoms with E-state index in [1.54, 1.807) is 0 Å². The number of carbonyl (C=O) groups excluding carboxylic acids is 1. The van der Waals surface area contributed by atoms with Crippen LogP contribution in [0.2, 0.25) is 0 Å². The number of rotatable bonds is 2. The molecule has 1 rings (SSSR count). The van der Waals surface area contributed by atoms with Crippen LogP contribution in [0.3, 0.4) is 0 Å². The summed E-state index contributed by atoms with van der Waals surface area (Å²) in [5.74, 6) is 0. The Morgan fingerprint density at radius 3 is 2.38 bits per heavy atom. The molecule has 0 spiro atoms. The molecule has 0 bridgehead atoms. The van der Waals surface area contributed by atoms with Crippen LogP contribution in [0.25, 0.3) is 0 Å². The van der Waals surface area contributed by atoms with Crippen molar-refractivity contribution in [3.63, 3.8) is 0 Å². The second kappa shape index (κ2) is 5.04. The molecule has 16 heavy (non-hydrogen) atoms. The third-order valence-corrected chi connectivity index (χ3v) is 2.74. The zero-order valence-corrected chi connectivity index (χ0v) is 10.5. The smallest absolute Gasteiger partial charge is 0.407 e. The molecule has 1 saturated carbocycles. The first-order valence-corrected chi connectivity index (χ1v) is 6.00. The Morgan fingerprint density at radius 1 is 1.31 bits per heavy atom. The van der Waals surface area contributed by atoms with Crippen molar-refractivity contribution in [2.45, 2.75) is 64.1 Å². The standard InChI is InChI=1S/C12H23NO3/c1-11(2,3)16-10(14)13-9-12(15)7-5-4-6-8-12/h15H,4-9H2,1-3H3,(H,13,14). The van der Waals surface area contributed by atoms with Gasteiger partial charge in [0.25, 0.3) is 0 Å². The SMILES string of the molecule is CC(C)(C)OC(=O)NCC1(O)CCCCC1. The number of alkyl carbamates (subject to hydrolysis) is 1. The van der Waals surface area contributed by atoms with Crippen molar-refractivity contribution in [3.8, 4) is 0 Å². The Labute approximate surface area is 97.4 Å². The Kier molecular flexibility index (Phi) is 4.19. The number of amides is 1. The van der Waals surface area contributed by atoms with Crippen molar-refractivity contribution in [2.75, 3.05) is 6.54 Å². The fraction of sp³-hybridized carbons (Fsp3) is 0.917. The molecule has 0 radical (unpaired) electrons. The third kappa shape index (κ3) is 4.84. The van der Waals surface area contributed by atoms with Gasteiger partial charge in [0.2, 0.25) is 0 Å². The summed E-state index contributed by atoms with van der Waals surface area (Å²) in [6.07, 6.45) is 4.32. The van der Waals surface area contributed by atoms with Crippen molar-refractivity contribution in [2.24, 2.45) is 0 Å². The average molecular weight is 229 g/mol. The van der Waals surface area contributed by atoms with Crippen LogP contribution in [-0.4, -0.2) is 28.9 Å². The van der Waals surface area contributed by atoms with Crippen LogP contribution < -0.4 is 5.32 Å². The number of aliphatic hydroxyl groups is 1. The van der Waals surface area contributed by atoms with Crippen LogP contribution in [0.4, 0.5) is 4.79 Å². The molecule has 1 amide bonds. The molecule has 4 heteroatoms. The van der Waals surface area contributed by atoms with Gasteiger partial charge in [-0.25, -0.2) is 4.79 Å². The van der Waals surface area contributed by atoms with Crippen LogP contribution in [-0.2, 0) is 4.74 Å². The molecule has 4 nitrogen and oxygen atoms in total. The van der Waals surface area contributed by atoms with Gasteiger partial charge in [-0.3, -0.25) is 0 Å². The van der Waals surface area contributed by atoms with Crippen molar-refractivity contribution < 1.29 is 14.6 Å². The maximum Gasteiger partial charge on any atom is 0.407 e. The molecular weight excluding hydrogens is 206 g/mol. The van der Waals surface area contributed by atoms with Gasteiger partial charge in [0, 0.05) is 6.54 Å². The summed E-state index contributed by atoms with van der Waals surface area (Å²) in [7, 11) is 0. The van der Waals surface area contributed by atoms with Crippen LogP contribution in [0.5, 0.6) is 0 Å². The van der Waals surface area contributed by atoms with Crippen LogP contribution in [0.15, 0.2) is 0 Å². The van der Waals surface area contributed by atoms with E-state index in [-0.39, 0.29) is 0 Å². The van der Waals surface area contributed by atoms with Gasteiger partial charge in [-0.2, -0.15) is 0 Å². The number of hydrogen-bond donors (Lipinski definition) is 2. The van der Waals surface area contributed by atoms with Gasteiger partial charge in [-0.05, 0) is 33.6 Å². The molecule has 1 aliphatic rings. The minimum absolute atomic E-state index is 0.294. The second-order valence-corrected chi connectivity index (χ2v) is 5.64. The minimum Gasteiger partial charge on any atom is -0.444 e. The normalized spacial score (nSPS) is 20.2. The summed E-state index contributed by atoms with van der Waals surface area (Å²) in [6, 6.07) is 0. The molecule has 1 fully saturated rings. The number of hydrogen-bond acceptors (Lipinski definition) is 3. The molecular formula is C12H23NO3. The molecule has 2 N–H and O–H groups in total. The van der Waals surface area contributed by atoms with E-state index in [1.165, 1.54) is 6.42 Å². The lowest BCUT2D eigenvalue weighted by Gasteiger charge is -2.32. The first-order chi connectivity index (χ1) is 7.31. The van der Waals surface area contributed by atoms with Crippen LogP contribution in [0, 0.1) is 0 Å². The van der Waals surface area contributed by atoms with E-state index in [0.29, 0.717) is 6.54 Å². The fourth-order valence-corrected chi connectivity index (χ4v) is 1.94. The maximum absolute atomic E-state index is 11.4. The lowest BCUT2D eigenvalue weighted by Crippen LogP contribution is -2.45. The van der Waals surface area contributed by atoms with E-state index < -0.39 is 17.3 Å². The highest BCUT2D eigenvalue weighted by Gasteiger charge is 2.30. The highest BCUT2D eigenvalue weighted by molar-refractivity contribution is 5.67. The number of carbonyl (C=O) groups is 1. The van der Waals surface area contributed by atoms with Gasteiger partial charge < -0.3 is 15.2 Å². The number of nitrogens with one attached hydrogen (secondary N) is 1. The Balaban J connectivity index is 2.30. The topological polar surface area (TPSA) is 58.6 Å². The van der Waals surface area contributed by atoms with Gasteiger partial charge in [-0.15, -0.1) is 0 Å². The first kappa shape index (κ1) is 13.3. The molecule has 0 aromatic carbocycles. The van der Waals surface area contributed by atoms with E-state index in [0.717, 1.165) is 25.7 Å². The predicted octanol–water partition coefficient (Wildman–Crippen LogP) is 2.21. The molecule has 0 saturated heterocycles. The van der Waals surface area contributed by atoms with Crippen LogP contribution >= 0.6 is 0 Å². The molecule has 1 aliphatic carbocycles. The average Bonchev–Trinajstić information content (AvgIpc) is 2.14. The zero-order valence-electron chi connectivity index (χ0n) is 10.5. The van der Waals surface area contributed by atoms with Gasteiger partial charge in [0.05, 0.1) is 5.60 Å². The molecule has 0 heterocycles. The van der Waals surface area contributed by atoms with Gasteiger partial charge >= 0.3 is 6.09 Å². The van der Waals surface area contributed by atoms with Crippen molar-refractivity contribution in [1.82, 2.24) is 5.32 Å². The zero-order chi connectivity index (χ0) is 12.2. The molecule has 0 unspecified atom stereocenters. The van der Waals surface area contributed by atoms with Crippen molar-refractivity contribution >= 4 is 6.09 Å². The first-order valence-electron chi connectivity index (χ1n) is 6.00. The molecule has 0 aliphatic heterocycles. The fourth-order valence-electron chi connectivity index (χ4n) is 1.94. The van der Waals surface area contributed by atoms with Crippen molar-refractivity contribution in [1.29, 1.82) is 0 Å². The van der Waals surface area contributed by atoms with Crippen LogP contribution in [0.1, 0.15) is 52.9 Å². The molecule has 0 aromatic heterocycles. The highest BCUT2D eigenvalue weighted by atomic mass is 16.6. The molecule has 0 aromatic rings. The van der Waals surface area contributed by atoms with E-state index in [1.807, 2.05) is 20.8 Å². The summed E-state index contributed by atoms with van der Waals surface area (Å²) in [4.78, 5) is 11.4. The van der Waals surface area contributed by atoms with Gasteiger partial charge in [0.15, 0.2) is 0 Å². The molecule has 94 valence electrons. The largest absolute Gasteiger partial charge is 0.444 e. The Morgan fingerprint density at radius 2 is 1.88 bits per heavy atom. The summed E-state index contributed by atoms with van der Waals surface area (Å²) >= 11 is 0. The Hall–Kier alpha value is -0.770.